The Bertz CT molecular complexity index is 505. The molecule has 1 heterocycles. The van der Waals surface area contributed by atoms with Gasteiger partial charge in [0.2, 0.25) is 5.76 Å². The second-order valence-corrected chi connectivity index (χ2v) is 4.05. The Morgan fingerprint density at radius 1 is 1.38 bits per heavy atom. The summed E-state index contributed by atoms with van der Waals surface area (Å²) in [5.41, 5.74) is 6.58. The molecule has 82 valence electrons. The SMILES string of the molecule is CSc1ccc(-c2cc(C(N)=O)on2)cc1. The van der Waals surface area contributed by atoms with E-state index in [4.69, 9.17) is 10.3 Å². The first kappa shape index (κ1) is 10.8. The zero-order valence-corrected chi connectivity index (χ0v) is 9.45. The molecule has 5 heteroatoms. The maximum atomic E-state index is 10.8. The monoisotopic (exact) mass is 234 g/mol. The number of benzene rings is 1. The lowest BCUT2D eigenvalue weighted by Crippen LogP contribution is -2.09. The molecule has 0 atom stereocenters. The summed E-state index contributed by atoms with van der Waals surface area (Å²) < 4.78 is 4.81. The molecule has 0 bridgehead atoms. The van der Waals surface area contributed by atoms with E-state index < -0.39 is 5.91 Å². The van der Waals surface area contributed by atoms with Gasteiger partial charge in [-0.2, -0.15) is 0 Å². The van der Waals surface area contributed by atoms with E-state index in [1.165, 1.54) is 11.0 Å². The highest BCUT2D eigenvalue weighted by molar-refractivity contribution is 7.98. The lowest BCUT2D eigenvalue weighted by Gasteiger charge is -1.97. The number of nitrogens with zero attached hydrogens (tertiary/aromatic N) is 1. The molecule has 16 heavy (non-hydrogen) atoms. The van der Waals surface area contributed by atoms with Gasteiger partial charge in [0.25, 0.3) is 5.91 Å². The zero-order valence-electron chi connectivity index (χ0n) is 8.64. The Morgan fingerprint density at radius 3 is 2.56 bits per heavy atom. The van der Waals surface area contributed by atoms with Crippen molar-refractivity contribution in [1.29, 1.82) is 0 Å². The fraction of sp³-hybridized carbons (Fsp3) is 0.0909. The van der Waals surface area contributed by atoms with Crippen LogP contribution >= 0.6 is 11.8 Å². The quantitative estimate of drug-likeness (QED) is 0.826. The molecule has 0 saturated carbocycles. The van der Waals surface area contributed by atoms with Gasteiger partial charge in [-0.3, -0.25) is 4.79 Å². The molecule has 0 fully saturated rings. The van der Waals surface area contributed by atoms with Gasteiger partial charge in [-0.1, -0.05) is 17.3 Å². The van der Waals surface area contributed by atoms with Gasteiger partial charge in [0.1, 0.15) is 5.69 Å². The first-order valence-corrected chi connectivity index (χ1v) is 5.84. The third-order valence-corrected chi connectivity index (χ3v) is 2.88. The minimum absolute atomic E-state index is 0.0731. The van der Waals surface area contributed by atoms with Crippen molar-refractivity contribution in [1.82, 2.24) is 5.16 Å². The fourth-order valence-electron chi connectivity index (χ4n) is 1.29. The number of hydrogen-bond donors (Lipinski definition) is 1. The second kappa shape index (κ2) is 4.40. The number of rotatable bonds is 3. The van der Waals surface area contributed by atoms with Crippen molar-refractivity contribution < 1.29 is 9.32 Å². The van der Waals surface area contributed by atoms with Crippen molar-refractivity contribution >= 4 is 17.7 Å². The van der Waals surface area contributed by atoms with Gasteiger partial charge >= 0.3 is 0 Å². The standard InChI is InChI=1S/C11H10N2O2S/c1-16-8-4-2-7(3-5-8)9-6-10(11(12)14)15-13-9/h2-6H,1H3,(H2,12,14). The average Bonchev–Trinajstić information content (AvgIpc) is 2.78. The second-order valence-electron chi connectivity index (χ2n) is 3.17. The molecule has 0 unspecified atom stereocenters. The number of thioether (sulfide) groups is 1. The predicted molar refractivity (Wildman–Crippen MR) is 62.2 cm³/mol. The smallest absolute Gasteiger partial charge is 0.287 e. The van der Waals surface area contributed by atoms with Crippen LogP contribution in [-0.4, -0.2) is 17.3 Å². The van der Waals surface area contributed by atoms with E-state index in [-0.39, 0.29) is 5.76 Å². The zero-order chi connectivity index (χ0) is 11.5. The number of nitrogens with two attached hydrogens (primary N) is 1. The predicted octanol–water partition coefficient (Wildman–Crippen LogP) is 2.16. The molecule has 1 amide bonds. The molecular weight excluding hydrogens is 224 g/mol. The summed E-state index contributed by atoms with van der Waals surface area (Å²) in [6.45, 7) is 0. The normalized spacial score (nSPS) is 10.3. The van der Waals surface area contributed by atoms with Crippen LogP contribution in [0.1, 0.15) is 10.6 Å². The Morgan fingerprint density at radius 2 is 2.06 bits per heavy atom. The van der Waals surface area contributed by atoms with Crippen molar-refractivity contribution in [3.63, 3.8) is 0 Å². The summed E-state index contributed by atoms with van der Waals surface area (Å²) in [5.74, 6) is -0.538. The van der Waals surface area contributed by atoms with Crippen molar-refractivity contribution in [3.05, 3.63) is 36.1 Å². The fourth-order valence-corrected chi connectivity index (χ4v) is 1.70. The molecule has 1 aromatic heterocycles. The van der Waals surface area contributed by atoms with E-state index in [2.05, 4.69) is 5.16 Å². The van der Waals surface area contributed by atoms with Crippen LogP contribution in [0.5, 0.6) is 0 Å². The van der Waals surface area contributed by atoms with Gasteiger partial charge < -0.3 is 10.3 Å². The first-order chi connectivity index (χ1) is 7.70. The van der Waals surface area contributed by atoms with Gasteiger partial charge in [0.05, 0.1) is 0 Å². The molecule has 0 aliphatic rings. The number of primary amides is 1. The molecule has 2 rings (SSSR count). The van der Waals surface area contributed by atoms with E-state index in [0.29, 0.717) is 5.69 Å². The minimum Gasteiger partial charge on any atom is -0.363 e. The van der Waals surface area contributed by atoms with Crippen LogP contribution in [0.3, 0.4) is 0 Å². The van der Waals surface area contributed by atoms with Gasteiger partial charge in [-0.25, -0.2) is 0 Å². The lowest BCUT2D eigenvalue weighted by atomic mass is 10.1. The van der Waals surface area contributed by atoms with E-state index in [9.17, 15) is 4.79 Å². The largest absolute Gasteiger partial charge is 0.363 e. The van der Waals surface area contributed by atoms with Gasteiger partial charge in [-0.05, 0) is 18.4 Å². The third-order valence-electron chi connectivity index (χ3n) is 2.14. The summed E-state index contributed by atoms with van der Waals surface area (Å²) in [4.78, 5) is 12.0. The number of carbonyl (C=O) groups is 1. The number of aromatic nitrogens is 1. The number of amides is 1. The number of carbonyl (C=O) groups excluding carboxylic acids is 1. The topological polar surface area (TPSA) is 69.1 Å². The van der Waals surface area contributed by atoms with Crippen LogP contribution in [-0.2, 0) is 0 Å². The molecule has 0 aliphatic carbocycles. The molecule has 0 radical (unpaired) electrons. The van der Waals surface area contributed by atoms with Crippen LogP contribution in [0, 0.1) is 0 Å². The summed E-state index contributed by atoms with van der Waals surface area (Å²) in [5, 5.41) is 3.78. The highest BCUT2D eigenvalue weighted by Gasteiger charge is 2.10. The molecule has 4 nitrogen and oxygen atoms in total. The molecule has 0 spiro atoms. The van der Waals surface area contributed by atoms with Crippen LogP contribution in [0.15, 0.2) is 39.8 Å². The Balaban J connectivity index is 2.31. The third kappa shape index (κ3) is 2.09. The lowest BCUT2D eigenvalue weighted by molar-refractivity contribution is 0.0965. The van der Waals surface area contributed by atoms with Gasteiger partial charge in [-0.15, -0.1) is 11.8 Å². The summed E-state index contributed by atoms with van der Waals surface area (Å²) in [7, 11) is 0. The van der Waals surface area contributed by atoms with Crippen LogP contribution in [0.2, 0.25) is 0 Å². The van der Waals surface area contributed by atoms with Crippen molar-refractivity contribution in [3.8, 4) is 11.3 Å². The van der Waals surface area contributed by atoms with Crippen LogP contribution < -0.4 is 5.73 Å². The van der Waals surface area contributed by atoms with E-state index in [1.54, 1.807) is 11.8 Å². The van der Waals surface area contributed by atoms with Crippen LogP contribution in [0.25, 0.3) is 11.3 Å². The van der Waals surface area contributed by atoms with Gasteiger partial charge in [0, 0.05) is 16.5 Å². The summed E-state index contributed by atoms with van der Waals surface area (Å²) >= 11 is 1.66. The molecule has 0 aliphatic heterocycles. The van der Waals surface area contributed by atoms with Gasteiger partial charge in [0.15, 0.2) is 0 Å². The molecule has 2 aromatic rings. The van der Waals surface area contributed by atoms with Crippen LogP contribution in [0.4, 0.5) is 0 Å². The van der Waals surface area contributed by atoms with E-state index >= 15 is 0 Å². The van der Waals surface area contributed by atoms with E-state index in [1.807, 2.05) is 30.5 Å². The Hall–Kier alpha value is -1.75. The summed E-state index contributed by atoms with van der Waals surface area (Å²) in [6, 6.07) is 9.36. The average molecular weight is 234 g/mol. The summed E-state index contributed by atoms with van der Waals surface area (Å²) in [6.07, 6.45) is 2.01. The highest BCUT2D eigenvalue weighted by atomic mass is 32.2. The highest BCUT2D eigenvalue weighted by Crippen LogP contribution is 2.22. The first-order valence-electron chi connectivity index (χ1n) is 4.61. The maximum Gasteiger partial charge on any atom is 0.287 e. The number of hydrogen-bond acceptors (Lipinski definition) is 4. The van der Waals surface area contributed by atoms with Crippen molar-refractivity contribution in [2.75, 3.05) is 6.26 Å². The molecule has 0 saturated heterocycles. The molecule has 1 aromatic carbocycles. The van der Waals surface area contributed by atoms with Crippen molar-refractivity contribution in [2.45, 2.75) is 4.90 Å². The van der Waals surface area contributed by atoms with E-state index in [0.717, 1.165) is 5.56 Å². The maximum absolute atomic E-state index is 10.8. The van der Waals surface area contributed by atoms with Crippen molar-refractivity contribution in [2.24, 2.45) is 5.73 Å². The minimum atomic E-state index is -0.612. The molecule has 2 N–H and O–H groups in total. The Labute approximate surface area is 96.8 Å². The molecular formula is C11H10N2O2S. The Kier molecular flexibility index (Phi) is 2.96.